The van der Waals surface area contributed by atoms with Crippen molar-refractivity contribution in [1.29, 1.82) is 0 Å². The highest BCUT2D eigenvalue weighted by atomic mass is 16.7. The minimum absolute atomic E-state index is 0.00481. The smallest absolute Gasteiger partial charge is 0.416 e. The number of amides is 6. The number of hydrogen-bond donors (Lipinski definition) is 12. The van der Waals surface area contributed by atoms with E-state index in [1.54, 1.807) is 0 Å². The van der Waals surface area contributed by atoms with E-state index in [0.29, 0.717) is 24.8 Å². The summed E-state index contributed by atoms with van der Waals surface area (Å²) in [6, 6.07) is 11.2. The van der Waals surface area contributed by atoms with E-state index in [-0.39, 0.29) is 151 Å². The minimum Gasteiger partial charge on any atom is -0.493 e. The molecule has 4 aromatic carbocycles. The first kappa shape index (κ1) is 80.2. The lowest BCUT2D eigenvalue weighted by molar-refractivity contribution is -0.271. The highest BCUT2D eigenvalue weighted by Crippen LogP contribution is 2.46. The van der Waals surface area contributed by atoms with E-state index in [1.165, 1.54) is 91.8 Å². The lowest BCUT2D eigenvalue weighted by atomic mass is 9.90. The maximum Gasteiger partial charge on any atom is 0.416 e. The fraction of sp³-hybridized carbons (Fsp3) is 0.514. The Morgan fingerprint density at radius 3 is 1.53 bits per heavy atom. The van der Waals surface area contributed by atoms with Crippen LogP contribution in [0.4, 0.5) is 21.0 Å². The van der Waals surface area contributed by atoms with Gasteiger partial charge in [0.25, 0.3) is 23.6 Å². The van der Waals surface area contributed by atoms with E-state index < -0.39 is 152 Å². The van der Waals surface area contributed by atoms with Gasteiger partial charge in [0.05, 0.1) is 79.8 Å². The summed E-state index contributed by atoms with van der Waals surface area (Å²) in [5.41, 5.74) is 8.25. The van der Waals surface area contributed by atoms with Crippen molar-refractivity contribution in [2.75, 3.05) is 83.7 Å². The number of benzene rings is 4. The molecule has 0 aromatic heterocycles. The maximum absolute atomic E-state index is 14.6. The molecule has 4 aromatic rings. The molecule has 38 heteroatoms. The number of ether oxygens (including phenoxy) is 11. The van der Waals surface area contributed by atoms with E-state index >= 15 is 0 Å². The summed E-state index contributed by atoms with van der Waals surface area (Å²) in [5, 5.41) is 115. The molecule has 584 valence electrons. The fourth-order valence-electron chi connectivity index (χ4n) is 13.3. The topological polar surface area (TPSA) is 526 Å². The molecule has 10 rings (SSSR count). The van der Waals surface area contributed by atoms with Crippen molar-refractivity contribution in [3.63, 3.8) is 0 Å². The Bertz CT molecular complexity index is 4100. The molecular weight excluding hydrogens is 1430 g/mol. The van der Waals surface area contributed by atoms with Crippen molar-refractivity contribution in [2.45, 2.75) is 152 Å². The van der Waals surface area contributed by atoms with Gasteiger partial charge in [0, 0.05) is 56.9 Å². The zero-order valence-electron chi connectivity index (χ0n) is 59.2. The van der Waals surface area contributed by atoms with Crippen LogP contribution < -0.4 is 48.9 Å². The molecule has 0 spiro atoms. The molecule has 0 bridgehead atoms. The van der Waals surface area contributed by atoms with Gasteiger partial charge in [0.1, 0.15) is 61.3 Å². The summed E-state index contributed by atoms with van der Waals surface area (Å²) in [5.74, 6) is -6.34. The van der Waals surface area contributed by atoms with Gasteiger partial charge in [-0.3, -0.25) is 19.2 Å². The summed E-state index contributed by atoms with van der Waals surface area (Å²) >= 11 is 0. The van der Waals surface area contributed by atoms with Gasteiger partial charge < -0.3 is 124 Å². The van der Waals surface area contributed by atoms with Gasteiger partial charge in [-0.2, -0.15) is 0 Å². The van der Waals surface area contributed by atoms with Crippen molar-refractivity contribution in [1.82, 2.24) is 20.4 Å². The standard InChI is InChI=1S/C70H85N9O29/c1-33-21-42-62(90)78(68(96)103-30-34-11-13-44(38(22-34)58(86)72-15-10-16-74-75-71)105-66-54(84)50(80)52(82)56(107-66)64(92)93)40-26-48(46(99-5)24-36(40)60(88)76(42)29-33)101-18-8-7-9-19-102-49-27-41-37(25-47(49)100-6)61(89)77-32-70(2,3)28-43(77)63(91)79(41)69(97)104-31-35-12-14-45(39(23-35)59(87)73-17-20-98-4)106-67-55(85)51(81)53(83)57(108-67)65(94)95/h11-14,22-27,42-43,50-57,62-63,66-67,80-85,90-91H,1,7-10,15-21,28-32H2,2-6H3,(H,72,86)(H,73,87)(H,92,93)(H,94,95)/t42-,43-,50-,51-,52-,53-,54+,55+,56-,57-,62?,63?,66+,67+/m0/s1. The first-order valence-corrected chi connectivity index (χ1v) is 34.3. The van der Waals surface area contributed by atoms with Crippen molar-refractivity contribution in [3.8, 4) is 34.5 Å². The molecule has 38 nitrogen and oxygen atoms in total. The molecule has 0 saturated carbocycles. The van der Waals surface area contributed by atoms with Crippen LogP contribution in [0.1, 0.15) is 105 Å². The van der Waals surface area contributed by atoms with Crippen molar-refractivity contribution >= 4 is 59.1 Å². The third-order valence-electron chi connectivity index (χ3n) is 18.8. The monoisotopic (exact) mass is 1520 g/mol. The summed E-state index contributed by atoms with van der Waals surface area (Å²) in [6.45, 7) is 7.05. The van der Waals surface area contributed by atoms with E-state index in [0.717, 1.165) is 9.80 Å². The van der Waals surface area contributed by atoms with Gasteiger partial charge in [0.15, 0.2) is 47.7 Å². The van der Waals surface area contributed by atoms with Crippen LogP contribution in [0.2, 0.25) is 0 Å². The van der Waals surface area contributed by atoms with E-state index in [9.17, 15) is 89.4 Å². The lowest BCUT2D eigenvalue weighted by Crippen LogP contribution is -2.61. The van der Waals surface area contributed by atoms with Crippen molar-refractivity contribution in [2.24, 2.45) is 10.5 Å². The van der Waals surface area contributed by atoms with Crippen LogP contribution in [-0.4, -0.2) is 268 Å². The first-order valence-electron chi connectivity index (χ1n) is 34.3. The maximum atomic E-state index is 14.6. The second-order valence-corrected chi connectivity index (χ2v) is 27.0. The third kappa shape index (κ3) is 17.4. The molecule has 6 aliphatic rings. The Morgan fingerprint density at radius 2 is 1.06 bits per heavy atom. The Hall–Kier alpha value is -10.3. The average molecular weight is 1520 g/mol. The van der Waals surface area contributed by atoms with Gasteiger partial charge >= 0.3 is 24.1 Å². The second-order valence-electron chi connectivity index (χ2n) is 27.0. The number of carbonyl (C=O) groups is 8. The summed E-state index contributed by atoms with van der Waals surface area (Å²) in [6.07, 6.45) is -24.0. The largest absolute Gasteiger partial charge is 0.493 e. The van der Waals surface area contributed by atoms with E-state index in [4.69, 9.17) is 57.6 Å². The normalized spacial score (nSPS) is 25.5. The number of carboxylic acids is 2. The number of nitrogens with zero attached hydrogens (tertiary/aromatic N) is 7. The van der Waals surface area contributed by atoms with Crippen LogP contribution in [0.3, 0.4) is 0 Å². The number of aliphatic hydroxyl groups excluding tert-OH is 8. The number of aliphatic hydroxyl groups is 8. The molecule has 12 N–H and O–H groups in total. The number of rotatable bonds is 29. The quantitative estimate of drug-likeness (QED) is 0.0121. The molecule has 6 amide bonds. The molecule has 4 saturated heterocycles. The highest BCUT2D eigenvalue weighted by molar-refractivity contribution is 6.07. The van der Waals surface area contributed by atoms with Crippen LogP contribution in [0, 0.1) is 5.41 Å². The number of anilines is 2. The number of azide groups is 1. The van der Waals surface area contributed by atoms with Crippen LogP contribution >= 0.6 is 0 Å². The Labute approximate surface area is 615 Å². The number of unbranched alkanes of at least 4 members (excludes halogenated alkanes) is 2. The number of hydrogen-bond acceptors (Lipinski definition) is 28. The number of methoxy groups -OCH3 is 3. The van der Waals surface area contributed by atoms with Crippen molar-refractivity contribution < 1.29 is 142 Å². The predicted molar refractivity (Wildman–Crippen MR) is 368 cm³/mol. The second kappa shape index (κ2) is 34.7. The number of carboxylic acid groups (broad SMARTS) is 2. The fourth-order valence-corrected chi connectivity index (χ4v) is 13.3. The Kier molecular flexibility index (Phi) is 25.8. The Balaban J connectivity index is 0.830. The number of fused-ring (bicyclic) bond motifs is 4. The lowest BCUT2D eigenvalue weighted by Gasteiger charge is -2.38. The van der Waals surface area contributed by atoms with Gasteiger partial charge in [-0.15, -0.1) is 0 Å². The van der Waals surface area contributed by atoms with Crippen LogP contribution in [0.5, 0.6) is 34.5 Å². The third-order valence-corrected chi connectivity index (χ3v) is 18.8. The van der Waals surface area contributed by atoms with Gasteiger partial charge in [-0.1, -0.05) is 43.2 Å². The molecule has 4 fully saturated rings. The van der Waals surface area contributed by atoms with E-state index in [1.807, 2.05) is 13.8 Å². The number of carbonyl (C=O) groups excluding carboxylic acids is 6. The van der Waals surface area contributed by atoms with Gasteiger partial charge in [-0.05, 0) is 97.0 Å². The first-order chi connectivity index (χ1) is 51.5. The average Bonchev–Trinajstić information content (AvgIpc) is 1.61. The zero-order chi connectivity index (χ0) is 78.2. The van der Waals surface area contributed by atoms with Crippen LogP contribution in [0.25, 0.3) is 10.4 Å². The van der Waals surface area contributed by atoms with Crippen molar-refractivity contribution in [3.05, 3.63) is 117 Å². The molecule has 14 atom stereocenters. The van der Waals surface area contributed by atoms with Crippen LogP contribution in [0.15, 0.2) is 77.9 Å². The molecule has 2 unspecified atom stereocenters. The van der Waals surface area contributed by atoms with Gasteiger partial charge in [0.2, 0.25) is 12.6 Å². The summed E-state index contributed by atoms with van der Waals surface area (Å²) in [7, 11) is 4.09. The zero-order valence-corrected chi connectivity index (χ0v) is 59.2. The summed E-state index contributed by atoms with van der Waals surface area (Å²) in [4.78, 5) is 117. The minimum atomic E-state index is -2.05. The SMILES string of the molecule is C=C1C[C@H]2C(O)N(C(=O)OCc3ccc(O[C@@H]4O[C@H](C(=O)O)[C@@H](O)[C@H](O)[C@H]4O)c(C(=O)NCCCN=[N+]=[N-])c3)c3cc(OCCCCCOc4cc5c(cc4OC)C(=O)N4CC(C)(C)C[C@H]4C(O)N5C(=O)OCc4ccc(O[C@@H]5O[C@H](C(=O)O)[C@@H](O)[C@H](O)[C@H]5O)c(C(=O)NCCOC)c4)c(OC)cc3C(=O)N2C1. The molecule has 108 heavy (non-hydrogen) atoms. The molecule has 6 heterocycles. The molecule has 0 radical (unpaired) electrons. The van der Waals surface area contributed by atoms with Gasteiger partial charge in [-0.25, -0.2) is 29.0 Å². The Morgan fingerprint density at radius 1 is 0.593 bits per heavy atom. The number of nitrogens with one attached hydrogen (secondary N) is 2. The highest BCUT2D eigenvalue weighted by Gasteiger charge is 2.53. The predicted octanol–water partition coefficient (Wildman–Crippen LogP) is 1.64. The van der Waals surface area contributed by atoms with Crippen LogP contribution in [-0.2, 0) is 46.5 Å². The number of aliphatic carboxylic acids is 2. The molecule has 6 aliphatic heterocycles. The van der Waals surface area contributed by atoms with E-state index in [2.05, 4.69) is 27.2 Å². The molecule has 0 aliphatic carbocycles. The summed E-state index contributed by atoms with van der Waals surface area (Å²) < 4.78 is 62.7. The molecular formula is C70H85N9O29.